The van der Waals surface area contributed by atoms with Crippen LogP contribution in [-0.2, 0) is 6.54 Å². The second-order valence-electron chi connectivity index (χ2n) is 3.75. The molecule has 16 heavy (non-hydrogen) atoms. The van der Waals surface area contributed by atoms with Crippen molar-refractivity contribution in [2.24, 2.45) is 0 Å². The van der Waals surface area contributed by atoms with E-state index in [1.165, 1.54) is 0 Å². The zero-order chi connectivity index (χ0) is 11.4. The third kappa shape index (κ3) is 1.94. The molecule has 0 spiro atoms. The Morgan fingerprint density at radius 1 is 1.44 bits per heavy atom. The maximum atomic E-state index is 4.57. The van der Waals surface area contributed by atoms with Crippen LogP contribution in [0.25, 0.3) is 11.0 Å². The summed E-state index contributed by atoms with van der Waals surface area (Å²) in [4.78, 5) is 4.57. The van der Waals surface area contributed by atoms with Gasteiger partial charge in [0.05, 0.1) is 11.0 Å². The van der Waals surface area contributed by atoms with Crippen LogP contribution in [0.2, 0.25) is 0 Å². The molecule has 0 aliphatic carbocycles. The predicted molar refractivity (Wildman–Crippen MR) is 68.7 cm³/mol. The zero-order valence-electron chi connectivity index (χ0n) is 9.61. The maximum absolute atomic E-state index is 4.57. The van der Waals surface area contributed by atoms with E-state index in [0.29, 0.717) is 0 Å². The third-order valence-corrected chi connectivity index (χ3v) is 2.50. The molecule has 0 fully saturated rings. The number of hydrogen-bond acceptors (Lipinski definition) is 2. The van der Waals surface area contributed by atoms with Gasteiger partial charge in [-0.15, -0.1) is 6.58 Å². The largest absolute Gasteiger partial charge is 0.356 e. The second kappa shape index (κ2) is 4.84. The smallest absolute Gasteiger partial charge is 0.204 e. The molecule has 2 aromatic rings. The van der Waals surface area contributed by atoms with Gasteiger partial charge in [0.25, 0.3) is 0 Å². The molecule has 1 aromatic carbocycles. The van der Waals surface area contributed by atoms with E-state index >= 15 is 0 Å². The third-order valence-electron chi connectivity index (χ3n) is 2.50. The van der Waals surface area contributed by atoms with Crippen LogP contribution >= 0.6 is 0 Å². The van der Waals surface area contributed by atoms with E-state index in [-0.39, 0.29) is 0 Å². The highest BCUT2D eigenvalue weighted by atomic mass is 15.2. The number of anilines is 1. The van der Waals surface area contributed by atoms with E-state index in [0.717, 1.165) is 36.5 Å². The standard InChI is InChI=1S/C13H17N3/c1-3-9-14-13-15-11-7-5-6-8-12(11)16(13)10-4-2/h4-8H,2-3,9-10H2,1H3,(H,14,15). The van der Waals surface area contributed by atoms with Gasteiger partial charge in [0.2, 0.25) is 5.95 Å². The summed E-state index contributed by atoms with van der Waals surface area (Å²) in [6.45, 7) is 7.66. The van der Waals surface area contributed by atoms with E-state index in [1.54, 1.807) is 0 Å². The zero-order valence-corrected chi connectivity index (χ0v) is 9.61. The second-order valence-corrected chi connectivity index (χ2v) is 3.75. The lowest BCUT2D eigenvalue weighted by Crippen LogP contribution is -2.07. The Balaban J connectivity index is 2.45. The quantitative estimate of drug-likeness (QED) is 0.777. The molecule has 84 valence electrons. The highest BCUT2D eigenvalue weighted by Gasteiger charge is 2.07. The Morgan fingerprint density at radius 2 is 2.25 bits per heavy atom. The fourth-order valence-electron chi connectivity index (χ4n) is 1.76. The number of nitrogens with zero attached hydrogens (tertiary/aromatic N) is 2. The van der Waals surface area contributed by atoms with Crippen LogP contribution in [0.3, 0.4) is 0 Å². The molecule has 0 unspecified atom stereocenters. The summed E-state index contributed by atoms with van der Waals surface area (Å²) in [7, 11) is 0. The minimum atomic E-state index is 0.784. The summed E-state index contributed by atoms with van der Waals surface area (Å²) in [5, 5.41) is 3.34. The van der Waals surface area contributed by atoms with E-state index in [2.05, 4.69) is 34.4 Å². The summed E-state index contributed by atoms with van der Waals surface area (Å²) in [5.41, 5.74) is 2.18. The molecular formula is C13H17N3. The lowest BCUT2D eigenvalue weighted by molar-refractivity contribution is 0.838. The van der Waals surface area contributed by atoms with Crippen LogP contribution in [-0.4, -0.2) is 16.1 Å². The molecule has 0 aliphatic rings. The number of allylic oxidation sites excluding steroid dienone is 1. The molecule has 1 N–H and O–H groups in total. The Kier molecular flexibility index (Phi) is 3.25. The maximum Gasteiger partial charge on any atom is 0.204 e. The van der Waals surface area contributed by atoms with Gasteiger partial charge in [-0.3, -0.25) is 0 Å². The first-order valence-electron chi connectivity index (χ1n) is 5.67. The highest BCUT2D eigenvalue weighted by molar-refractivity contribution is 5.78. The van der Waals surface area contributed by atoms with Crippen molar-refractivity contribution < 1.29 is 0 Å². The molecular weight excluding hydrogens is 198 g/mol. The molecule has 0 radical (unpaired) electrons. The number of hydrogen-bond donors (Lipinski definition) is 1. The number of imidazole rings is 1. The molecule has 3 heteroatoms. The van der Waals surface area contributed by atoms with Gasteiger partial charge in [-0.25, -0.2) is 4.98 Å². The summed E-state index contributed by atoms with van der Waals surface area (Å²) in [5.74, 6) is 0.933. The van der Waals surface area contributed by atoms with Crippen molar-refractivity contribution in [3.63, 3.8) is 0 Å². The SMILES string of the molecule is C=CCn1c(NCCC)nc2ccccc21. The first-order chi connectivity index (χ1) is 7.86. The molecule has 1 aromatic heterocycles. The van der Waals surface area contributed by atoms with Gasteiger partial charge in [0.1, 0.15) is 0 Å². The predicted octanol–water partition coefficient (Wildman–Crippen LogP) is 3.04. The van der Waals surface area contributed by atoms with Crippen LogP contribution in [0.4, 0.5) is 5.95 Å². The van der Waals surface area contributed by atoms with Gasteiger partial charge in [0.15, 0.2) is 0 Å². The highest BCUT2D eigenvalue weighted by Crippen LogP contribution is 2.19. The molecule has 0 amide bonds. The topological polar surface area (TPSA) is 29.9 Å². The summed E-state index contributed by atoms with van der Waals surface area (Å²) in [6, 6.07) is 8.17. The van der Waals surface area contributed by atoms with E-state index in [9.17, 15) is 0 Å². The minimum absolute atomic E-state index is 0.784. The minimum Gasteiger partial charge on any atom is -0.356 e. The van der Waals surface area contributed by atoms with Crippen LogP contribution in [0.15, 0.2) is 36.9 Å². The first-order valence-corrected chi connectivity index (χ1v) is 5.67. The lowest BCUT2D eigenvalue weighted by atomic mass is 10.3. The molecule has 2 rings (SSSR count). The van der Waals surface area contributed by atoms with Crippen molar-refractivity contribution in [2.45, 2.75) is 19.9 Å². The van der Waals surface area contributed by atoms with Crippen LogP contribution in [0, 0.1) is 0 Å². The number of benzene rings is 1. The van der Waals surface area contributed by atoms with Gasteiger partial charge < -0.3 is 9.88 Å². The van der Waals surface area contributed by atoms with Crippen LogP contribution < -0.4 is 5.32 Å². The lowest BCUT2D eigenvalue weighted by Gasteiger charge is -2.07. The number of nitrogens with one attached hydrogen (secondary N) is 1. The Labute approximate surface area is 95.8 Å². The van der Waals surface area contributed by atoms with Gasteiger partial charge in [-0.1, -0.05) is 25.1 Å². The molecule has 0 atom stereocenters. The molecule has 0 saturated carbocycles. The normalized spacial score (nSPS) is 10.6. The van der Waals surface area contributed by atoms with E-state index in [4.69, 9.17) is 0 Å². The van der Waals surface area contributed by atoms with E-state index < -0.39 is 0 Å². The number of para-hydroxylation sites is 2. The van der Waals surface area contributed by atoms with Crippen molar-refractivity contribution in [3.8, 4) is 0 Å². The first kappa shape index (κ1) is 10.7. The van der Waals surface area contributed by atoms with Crippen LogP contribution in [0.5, 0.6) is 0 Å². The number of aromatic nitrogens is 2. The Morgan fingerprint density at radius 3 is 3.00 bits per heavy atom. The summed E-state index contributed by atoms with van der Waals surface area (Å²) in [6.07, 6.45) is 2.99. The van der Waals surface area contributed by atoms with E-state index in [1.807, 2.05) is 24.3 Å². The van der Waals surface area contributed by atoms with Crippen molar-refractivity contribution in [2.75, 3.05) is 11.9 Å². The Hall–Kier alpha value is -1.77. The van der Waals surface area contributed by atoms with Gasteiger partial charge in [-0.2, -0.15) is 0 Å². The Bertz CT molecular complexity index is 485. The average Bonchev–Trinajstić information content (AvgIpc) is 2.66. The molecule has 3 nitrogen and oxygen atoms in total. The number of fused-ring (bicyclic) bond motifs is 1. The van der Waals surface area contributed by atoms with Crippen LogP contribution in [0.1, 0.15) is 13.3 Å². The van der Waals surface area contributed by atoms with Gasteiger partial charge in [0, 0.05) is 13.1 Å². The van der Waals surface area contributed by atoms with Gasteiger partial charge >= 0.3 is 0 Å². The van der Waals surface area contributed by atoms with Crippen molar-refractivity contribution in [1.29, 1.82) is 0 Å². The molecule has 1 heterocycles. The fourth-order valence-corrected chi connectivity index (χ4v) is 1.76. The molecule has 0 aliphatic heterocycles. The van der Waals surface area contributed by atoms with Crippen molar-refractivity contribution >= 4 is 17.0 Å². The monoisotopic (exact) mass is 215 g/mol. The average molecular weight is 215 g/mol. The van der Waals surface area contributed by atoms with Crippen molar-refractivity contribution in [3.05, 3.63) is 36.9 Å². The fraction of sp³-hybridized carbons (Fsp3) is 0.308. The molecule has 0 saturated heterocycles. The van der Waals surface area contributed by atoms with Crippen molar-refractivity contribution in [1.82, 2.24) is 9.55 Å². The van der Waals surface area contributed by atoms with Gasteiger partial charge in [-0.05, 0) is 18.6 Å². The summed E-state index contributed by atoms with van der Waals surface area (Å²) >= 11 is 0. The molecule has 0 bridgehead atoms. The number of rotatable bonds is 5. The summed E-state index contributed by atoms with van der Waals surface area (Å²) < 4.78 is 2.15.